The van der Waals surface area contributed by atoms with E-state index in [2.05, 4.69) is 41.5 Å². The molecule has 0 radical (unpaired) electrons. The van der Waals surface area contributed by atoms with Gasteiger partial charge < -0.3 is 9.73 Å². The minimum Gasteiger partial charge on any atom is -0.446 e. The van der Waals surface area contributed by atoms with Crippen LogP contribution in [0.4, 0.5) is 0 Å². The summed E-state index contributed by atoms with van der Waals surface area (Å²) in [7, 11) is 0. The van der Waals surface area contributed by atoms with Crippen LogP contribution in [0.15, 0.2) is 40.9 Å². The number of aryl methyl sites for hydroxylation is 3. The van der Waals surface area contributed by atoms with Gasteiger partial charge >= 0.3 is 0 Å². The third-order valence-electron chi connectivity index (χ3n) is 3.28. The lowest BCUT2D eigenvalue weighted by atomic mass is 10.1. The van der Waals surface area contributed by atoms with E-state index in [0.29, 0.717) is 0 Å². The Hall–Kier alpha value is -1.61. The van der Waals surface area contributed by atoms with Crippen LogP contribution in [0, 0.1) is 0 Å². The van der Waals surface area contributed by atoms with Crippen molar-refractivity contribution in [1.82, 2.24) is 10.3 Å². The van der Waals surface area contributed by atoms with E-state index in [-0.39, 0.29) is 0 Å². The van der Waals surface area contributed by atoms with Crippen LogP contribution < -0.4 is 5.32 Å². The molecule has 1 heterocycles. The van der Waals surface area contributed by atoms with Gasteiger partial charge in [-0.25, -0.2) is 4.98 Å². The molecule has 108 valence electrons. The molecule has 1 aromatic carbocycles. The first-order valence-electron chi connectivity index (χ1n) is 7.56. The minimum absolute atomic E-state index is 0.867. The lowest BCUT2D eigenvalue weighted by Crippen LogP contribution is -2.16. The van der Waals surface area contributed by atoms with Gasteiger partial charge in [0.15, 0.2) is 5.89 Å². The van der Waals surface area contributed by atoms with E-state index in [4.69, 9.17) is 4.42 Å². The number of hydrogen-bond acceptors (Lipinski definition) is 3. The molecule has 20 heavy (non-hydrogen) atoms. The molecule has 1 aromatic heterocycles. The van der Waals surface area contributed by atoms with Crippen molar-refractivity contribution in [2.45, 2.75) is 39.0 Å². The number of rotatable bonds is 9. The van der Waals surface area contributed by atoms with Gasteiger partial charge in [0.25, 0.3) is 0 Å². The van der Waals surface area contributed by atoms with Crippen LogP contribution >= 0.6 is 0 Å². The Balaban J connectivity index is 1.69. The number of aromatic nitrogens is 1. The van der Waals surface area contributed by atoms with Gasteiger partial charge in [0.1, 0.15) is 5.76 Å². The largest absolute Gasteiger partial charge is 0.446 e. The summed E-state index contributed by atoms with van der Waals surface area (Å²) >= 11 is 0. The number of oxazole rings is 1. The molecular weight excluding hydrogens is 248 g/mol. The molecule has 2 rings (SSSR count). The van der Waals surface area contributed by atoms with Crippen molar-refractivity contribution in [2.75, 3.05) is 13.1 Å². The summed E-state index contributed by atoms with van der Waals surface area (Å²) < 4.78 is 5.77. The van der Waals surface area contributed by atoms with E-state index < -0.39 is 0 Å². The normalized spacial score (nSPS) is 10.8. The Bertz CT molecular complexity index is 479. The van der Waals surface area contributed by atoms with Crippen molar-refractivity contribution in [3.05, 3.63) is 53.7 Å². The second kappa shape index (κ2) is 8.54. The first-order valence-corrected chi connectivity index (χ1v) is 7.56. The molecule has 0 bridgehead atoms. The second-order valence-electron chi connectivity index (χ2n) is 5.06. The molecule has 0 aliphatic carbocycles. The molecule has 1 N–H and O–H groups in total. The molecule has 0 aliphatic heterocycles. The molecule has 0 amide bonds. The van der Waals surface area contributed by atoms with Crippen LogP contribution in [0.1, 0.15) is 37.0 Å². The van der Waals surface area contributed by atoms with Crippen molar-refractivity contribution >= 4 is 0 Å². The molecular formula is C17H24N2O. The number of nitrogens with zero attached hydrogens (tertiary/aromatic N) is 1. The lowest BCUT2D eigenvalue weighted by molar-refractivity contribution is 0.446. The summed E-state index contributed by atoms with van der Waals surface area (Å²) in [5, 5.41) is 3.39. The Morgan fingerprint density at radius 2 is 1.90 bits per heavy atom. The Labute approximate surface area is 121 Å². The topological polar surface area (TPSA) is 38.1 Å². The molecule has 0 spiro atoms. The predicted molar refractivity (Wildman–Crippen MR) is 81.8 cm³/mol. The standard InChI is InChI=1S/C17H24N2O/c1-2-12-18-13-6-9-17-19-14-16(20-17)11-10-15-7-4-3-5-8-15/h3-5,7-8,14,18H,2,6,9-13H2,1H3. The van der Waals surface area contributed by atoms with Crippen LogP contribution in [0.25, 0.3) is 0 Å². The zero-order chi connectivity index (χ0) is 14.0. The van der Waals surface area contributed by atoms with Gasteiger partial charge in [-0.3, -0.25) is 0 Å². The number of benzene rings is 1. The van der Waals surface area contributed by atoms with Crippen molar-refractivity contribution in [1.29, 1.82) is 0 Å². The van der Waals surface area contributed by atoms with Gasteiger partial charge in [-0.1, -0.05) is 37.3 Å². The van der Waals surface area contributed by atoms with Crippen molar-refractivity contribution in [3.8, 4) is 0 Å². The highest BCUT2D eigenvalue weighted by molar-refractivity contribution is 5.15. The molecule has 2 aromatic rings. The minimum atomic E-state index is 0.867. The van der Waals surface area contributed by atoms with Gasteiger partial charge in [0.05, 0.1) is 6.20 Å². The van der Waals surface area contributed by atoms with Crippen LogP contribution in [0.5, 0.6) is 0 Å². The summed E-state index contributed by atoms with van der Waals surface area (Å²) in [6.45, 7) is 4.31. The molecule has 0 fully saturated rings. The third kappa shape index (κ3) is 5.17. The number of hydrogen-bond donors (Lipinski definition) is 1. The summed E-state index contributed by atoms with van der Waals surface area (Å²) in [6.07, 6.45) is 6.99. The Morgan fingerprint density at radius 1 is 1.05 bits per heavy atom. The maximum Gasteiger partial charge on any atom is 0.194 e. The monoisotopic (exact) mass is 272 g/mol. The van der Waals surface area contributed by atoms with E-state index in [0.717, 1.165) is 50.4 Å². The predicted octanol–water partition coefficient (Wildman–Crippen LogP) is 3.39. The first-order chi connectivity index (χ1) is 9.88. The SMILES string of the molecule is CCCNCCCc1ncc(CCc2ccccc2)o1. The molecule has 0 unspecified atom stereocenters. The van der Waals surface area contributed by atoms with Crippen molar-refractivity contribution in [3.63, 3.8) is 0 Å². The van der Waals surface area contributed by atoms with Crippen LogP contribution in [-0.2, 0) is 19.3 Å². The highest BCUT2D eigenvalue weighted by atomic mass is 16.4. The molecule has 0 aliphatic rings. The maximum atomic E-state index is 5.77. The maximum absolute atomic E-state index is 5.77. The van der Waals surface area contributed by atoms with Gasteiger partial charge in [-0.05, 0) is 37.9 Å². The zero-order valence-electron chi connectivity index (χ0n) is 12.3. The van der Waals surface area contributed by atoms with Crippen LogP contribution in [0.3, 0.4) is 0 Å². The fourth-order valence-electron chi connectivity index (χ4n) is 2.16. The van der Waals surface area contributed by atoms with E-state index in [1.165, 1.54) is 12.0 Å². The van der Waals surface area contributed by atoms with Crippen LogP contribution in [0.2, 0.25) is 0 Å². The summed E-state index contributed by atoms with van der Waals surface area (Å²) in [4.78, 5) is 4.35. The van der Waals surface area contributed by atoms with Crippen molar-refractivity contribution in [2.24, 2.45) is 0 Å². The van der Waals surface area contributed by atoms with E-state index in [1.807, 2.05) is 12.3 Å². The Kier molecular flexibility index (Phi) is 6.32. The fourth-order valence-corrected chi connectivity index (χ4v) is 2.16. The van der Waals surface area contributed by atoms with Gasteiger partial charge in [0.2, 0.25) is 0 Å². The fraction of sp³-hybridized carbons (Fsp3) is 0.471. The highest BCUT2D eigenvalue weighted by Crippen LogP contribution is 2.10. The lowest BCUT2D eigenvalue weighted by Gasteiger charge is -2.00. The molecule has 3 nitrogen and oxygen atoms in total. The zero-order valence-corrected chi connectivity index (χ0v) is 12.3. The molecule has 0 atom stereocenters. The molecule has 3 heteroatoms. The van der Waals surface area contributed by atoms with Crippen LogP contribution in [-0.4, -0.2) is 18.1 Å². The average molecular weight is 272 g/mol. The average Bonchev–Trinajstić information content (AvgIpc) is 2.94. The molecule has 0 saturated heterocycles. The number of nitrogens with one attached hydrogen (secondary N) is 1. The molecule has 0 saturated carbocycles. The van der Waals surface area contributed by atoms with E-state index >= 15 is 0 Å². The third-order valence-corrected chi connectivity index (χ3v) is 3.28. The summed E-state index contributed by atoms with van der Waals surface area (Å²) in [6, 6.07) is 10.5. The van der Waals surface area contributed by atoms with Gasteiger partial charge in [-0.15, -0.1) is 0 Å². The highest BCUT2D eigenvalue weighted by Gasteiger charge is 2.04. The smallest absolute Gasteiger partial charge is 0.194 e. The first kappa shape index (κ1) is 14.8. The van der Waals surface area contributed by atoms with E-state index in [9.17, 15) is 0 Å². The quantitative estimate of drug-likeness (QED) is 0.711. The van der Waals surface area contributed by atoms with Gasteiger partial charge in [-0.2, -0.15) is 0 Å². The second-order valence-corrected chi connectivity index (χ2v) is 5.06. The summed E-state index contributed by atoms with van der Waals surface area (Å²) in [5.74, 6) is 1.86. The summed E-state index contributed by atoms with van der Waals surface area (Å²) in [5.41, 5.74) is 1.34. The Morgan fingerprint density at radius 3 is 2.70 bits per heavy atom. The van der Waals surface area contributed by atoms with Crippen molar-refractivity contribution < 1.29 is 4.42 Å². The van der Waals surface area contributed by atoms with Gasteiger partial charge in [0, 0.05) is 12.8 Å². The van der Waals surface area contributed by atoms with E-state index in [1.54, 1.807) is 0 Å².